The smallest absolute Gasteiger partial charge is 0.331 e. The van der Waals surface area contributed by atoms with Crippen LogP contribution in [0.1, 0.15) is 13.8 Å². The molecule has 0 aromatic heterocycles. The lowest BCUT2D eigenvalue weighted by Crippen LogP contribution is -2.29. The normalized spacial score (nSPS) is 14.3. The molecule has 1 aromatic rings. The van der Waals surface area contributed by atoms with Crippen LogP contribution in [0.3, 0.4) is 0 Å². The molecule has 0 unspecified atom stereocenters. The van der Waals surface area contributed by atoms with Crippen LogP contribution in [0.2, 0.25) is 0 Å². The maximum Gasteiger partial charge on any atom is 0.331 e. The van der Waals surface area contributed by atoms with Crippen molar-refractivity contribution >= 4 is 17.6 Å². The Morgan fingerprint density at radius 3 is 2.82 bits per heavy atom. The van der Waals surface area contributed by atoms with Gasteiger partial charge in [-0.3, -0.25) is 4.79 Å². The lowest BCUT2D eigenvalue weighted by molar-refractivity contribution is -0.148. The van der Waals surface area contributed by atoms with Gasteiger partial charge in [-0.25, -0.2) is 4.79 Å². The minimum absolute atomic E-state index is 0.166. The van der Waals surface area contributed by atoms with Crippen molar-refractivity contribution in [3.8, 4) is 11.5 Å². The zero-order valence-corrected chi connectivity index (χ0v) is 12.4. The first kappa shape index (κ1) is 15.6. The van der Waals surface area contributed by atoms with Crippen molar-refractivity contribution in [3.63, 3.8) is 0 Å². The molecule has 0 aliphatic carbocycles. The van der Waals surface area contributed by atoms with Gasteiger partial charge in [0, 0.05) is 17.8 Å². The van der Waals surface area contributed by atoms with Crippen LogP contribution in [-0.2, 0) is 14.3 Å². The minimum atomic E-state index is -0.909. The molecule has 6 nitrogen and oxygen atoms in total. The number of rotatable bonds is 5. The van der Waals surface area contributed by atoms with Crippen molar-refractivity contribution in [2.45, 2.75) is 20.0 Å². The number of nitrogens with one attached hydrogen (secondary N) is 1. The van der Waals surface area contributed by atoms with Crippen LogP contribution in [0, 0.1) is 0 Å². The van der Waals surface area contributed by atoms with Crippen molar-refractivity contribution in [1.29, 1.82) is 0 Å². The van der Waals surface area contributed by atoms with E-state index < -0.39 is 18.0 Å². The zero-order valence-electron chi connectivity index (χ0n) is 12.4. The highest BCUT2D eigenvalue weighted by Gasteiger charge is 2.18. The summed E-state index contributed by atoms with van der Waals surface area (Å²) in [5.74, 6) is 0.196. The van der Waals surface area contributed by atoms with Crippen molar-refractivity contribution in [2.24, 2.45) is 0 Å². The molecular formula is C16H17NO5. The van der Waals surface area contributed by atoms with E-state index in [1.165, 1.54) is 13.0 Å². The molecule has 0 saturated heterocycles. The Morgan fingerprint density at radius 1 is 1.27 bits per heavy atom. The van der Waals surface area contributed by atoms with Gasteiger partial charge in [0.05, 0.1) is 0 Å². The number of ether oxygens (including phenoxy) is 3. The summed E-state index contributed by atoms with van der Waals surface area (Å²) < 4.78 is 15.4. The molecule has 0 fully saturated rings. The molecule has 0 spiro atoms. The Kier molecular flexibility index (Phi) is 5.19. The monoisotopic (exact) mass is 303 g/mol. The molecule has 1 aliphatic rings. The third-order valence-corrected chi connectivity index (χ3v) is 2.84. The molecule has 1 atom stereocenters. The molecule has 1 aliphatic heterocycles. The van der Waals surface area contributed by atoms with Crippen LogP contribution in [0.4, 0.5) is 5.69 Å². The van der Waals surface area contributed by atoms with E-state index in [1.54, 1.807) is 36.4 Å². The number of hydrogen-bond donors (Lipinski definition) is 1. The van der Waals surface area contributed by atoms with E-state index in [0.29, 0.717) is 17.2 Å². The van der Waals surface area contributed by atoms with E-state index in [9.17, 15) is 9.59 Å². The SMILES string of the molecule is C/C=C/C=C/C(=O)O[C@H](C)C(=O)Nc1ccc2c(c1)OCO2. The van der Waals surface area contributed by atoms with E-state index in [4.69, 9.17) is 14.2 Å². The topological polar surface area (TPSA) is 73.9 Å². The van der Waals surface area contributed by atoms with Crippen molar-refractivity contribution in [1.82, 2.24) is 0 Å². The lowest BCUT2D eigenvalue weighted by atomic mass is 10.2. The molecule has 116 valence electrons. The molecule has 0 saturated carbocycles. The van der Waals surface area contributed by atoms with Gasteiger partial charge in [-0.15, -0.1) is 0 Å². The largest absolute Gasteiger partial charge is 0.454 e. The van der Waals surface area contributed by atoms with Gasteiger partial charge in [-0.05, 0) is 26.0 Å². The van der Waals surface area contributed by atoms with Crippen LogP contribution < -0.4 is 14.8 Å². The third-order valence-electron chi connectivity index (χ3n) is 2.84. The average Bonchev–Trinajstić information content (AvgIpc) is 2.95. The van der Waals surface area contributed by atoms with E-state index in [-0.39, 0.29) is 6.79 Å². The summed E-state index contributed by atoms with van der Waals surface area (Å²) in [6.07, 6.45) is 5.36. The number of amides is 1. The summed E-state index contributed by atoms with van der Waals surface area (Å²) in [5, 5.41) is 2.65. The van der Waals surface area contributed by atoms with E-state index in [2.05, 4.69) is 5.32 Å². The summed E-state index contributed by atoms with van der Waals surface area (Å²) >= 11 is 0. The van der Waals surface area contributed by atoms with E-state index in [1.807, 2.05) is 6.92 Å². The molecule has 1 aromatic carbocycles. The molecule has 0 radical (unpaired) electrons. The number of fused-ring (bicyclic) bond motifs is 1. The van der Waals surface area contributed by atoms with Gasteiger partial charge in [0.25, 0.3) is 5.91 Å². The van der Waals surface area contributed by atoms with E-state index >= 15 is 0 Å². The van der Waals surface area contributed by atoms with Gasteiger partial charge in [0.15, 0.2) is 17.6 Å². The number of carbonyl (C=O) groups excluding carboxylic acids is 2. The van der Waals surface area contributed by atoms with Gasteiger partial charge in [-0.2, -0.15) is 0 Å². The van der Waals surface area contributed by atoms with Gasteiger partial charge < -0.3 is 19.5 Å². The molecular weight excluding hydrogens is 286 g/mol. The third kappa shape index (κ3) is 4.12. The number of benzene rings is 1. The molecule has 1 amide bonds. The summed E-state index contributed by atoms with van der Waals surface area (Å²) in [6, 6.07) is 5.04. The second kappa shape index (κ2) is 7.31. The zero-order chi connectivity index (χ0) is 15.9. The van der Waals surface area contributed by atoms with Crippen molar-refractivity contribution < 1.29 is 23.8 Å². The van der Waals surface area contributed by atoms with Crippen LogP contribution in [0.5, 0.6) is 11.5 Å². The number of hydrogen-bond acceptors (Lipinski definition) is 5. The van der Waals surface area contributed by atoms with Crippen LogP contribution in [0.15, 0.2) is 42.5 Å². The first-order chi connectivity index (χ1) is 10.6. The maximum absolute atomic E-state index is 12.0. The minimum Gasteiger partial charge on any atom is -0.454 e. The fraction of sp³-hybridized carbons (Fsp3) is 0.250. The highest BCUT2D eigenvalue weighted by atomic mass is 16.7. The summed E-state index contributed by atoms with van der Waals surface area (Å²) in [6.45, 7) is 3.50. The molecule has 1 heterocycles. The van der Waals surface area contributed by atoms with Crippen LogP contribution in [0.25, 0.3) is 0 Å². The predicted octanol–water partition coefficient (Wildman–Crippen LogP) is 2.42. The average molecular weight is 303 g/mol. The Hall–Kier alpha value is -2.76. The summed E-state index contributed by atoms with van der Waals surface area (Å²) in [5.41, 5.74) is 0.543. The molecule has 1 N–H and O–H groups in total. The van der Waals surface area contributed by atoms with E-state index in [0.717, 1.165) is 0 Å². The van der Waals surface area contributed by atoms with Gasteiger partial charge >= 0.3 is 5.97 Å². The highest BCUT2D eigenvalue weighted by Crippen LogP contribution is 2.34. The second-order valence-corrected chi connectivity index (χ2v) is 4.52. The first-order valence-corrected chi connectivity index (χ1v) is 6.80. The number of allylic oxidation sites excluding steroid dienone is 3. The molecule has 22 heavy (non-hydrogen) atoms. The van der Waals surface area contributed by atoms with Crippen LogP contribution in [-0.4, -0.2) is 24.8 Å². The fourth-order valence-electron chi connectivity index (χ4n) is 1.73. The molecule has 0 bridgehead atoms. The Balaban J connectivity index is 1.90. The summed E-state index contributed by atoms with van der Waals surface area (Å²) in [7, 11) is 0. The Labute approximate surface area is 128 Å². The van der Waals surface area contributed by atoms with Gasteiger partial charge in [0.2, 0.25) is 6.79 Å². The van der Waals surface area contributed by atoms with Crippen LogP contribution >= 0.6 is 0 Å². The van der Waals surface area contributed by atoms with Crippen molar-refractivity contribution in [2.75, 3.05) is 12.1 Å². The molecule has 6 heteroatoms. The lowest BCUT2D eigenvalue weighted by Gasteiger charge is -2.12. The predicted molar refractivity (Wildman–Crippen MR) is 80.7 cm³/mol. The highest BCUT2D eigenvalue weighted by molar-refractivity contribution is 5.96. The maximum atomic E-state index is 12.0. The Morgan fingerprint density at radius 2 is 2.05 bits per heavy atom. The van der Waals surface area contributed by atoms with Gasteiger partial charge in [0.1, 0.15) is 0 Å². The first-order valence-electron chi connectivity index (χ1n) is 6.80. The molecule has 2 rings (SSSR count). The number of anilines is 1. The van der Waals surface area contributed by atoms with Gasteiger partial charge in [-0.1, -0.05) is 18.2 Å². The number of esters is 1. The quantitative estimate of drug-likeness (QED) is 0.514. The standard InChI is InChI=1S/C16H17NO5/c1-3-4-5-6-15(18)22-11(2)16(19)17-12-7-8-13-14(9-12)21-10-20-13/h3-9,11H,10H2,1-2H3,(H,17,19)/b4-3+,6-5+/t11-/m1/s1. The summed E-state index contributed by atoms with van der Waals surface area (Å²) in [4.78, 5) is 23.5. The fourth-order valence-corrected chi connectivity index (χ4v) is 1.73. The number of carbonyl (C=O) groups is 2. The second-order valence-electron chi connectivity index (χ2n) is 4.52. The van der Waals surface area contributed by atoms with Crippen molar-refractivity contribution in [3.05, 3.63) is 42.5 Å². The Bertz CT molecular complexity index is 621.